The Kier molecular flexibility index (Phi) is 1.47. The van der Waals surface area contributed by atoms with Gasteiger partial charge in [-0.3, -0.25) is 0 Å². The van der Waals surface area contributed by atoms with Crippen LogP contribution in [0.25, 0.3) is 0 Å². The van der Waals surface area contributed by atoms with E-state index in [2.05, 4.69) is 31.7 Å². The fourth-order valence-corrected chi connectivity index (χ4v) is 0.776. The third kappa shape index (κ3) is 1.00. The average Bonchev–Trinajstić information content (AvgIpc) is 2.77. The summed E-state index contributed by atoms with van der Waals surface area (Å²) < 4.78 is 0. The lowest BCUT2D eigenvalue weighted by atomic mass is 10.8. The highest BCUT2D eigenvalue weighted by molar-refractivity contribution is 5.73. The molecule has 0 radical (unpaired) electrons. The maximum Gasteiger partial charge on any atom is 0.363 e. The van der Waals surface area contributed by atoms with Gasteiger partial charge >= 0.3 is 6.03 Å². The molecule has 9 heteroatoms. The molecular formula is C3H6N8O. The summed E-state index contributed by atoms with van der Waals surface area (Å²) in [5.41, 5.74) is 4.82. The zero-order valence-electron chi connectivity index (χ0n) is 6.01. The number of nitrogens with one attached hydrogen (secondary N) is 2. The molecule has 0 aromatic rings. The second-order valence-electron chi connectivity index (χ2n) is 2.10. The summed E-state index contributed by atoms with van der Waals surface area (Å²) in [6.45, 7) is 0.411. The van der Waals surface area contributed by atoms with Gasteiger partial charge in [0, 0.05) is 0 Å². The molecular weight excluding hydrogens is 164 g/mol. The molecule has 12 heavy (non-hydrogen) atoms. The Morgan fingerprint density at radius 1 is 1.08 bits per heavy atom. The summed E-state index contributed by atoms with van der Waals surface area (Å²) in [4.78, 5) is 11.3. The van der Waals surface area contributed by atoms with Gasteiger partial charge in [-0.2, -0.15) is 21.1 Å². The summed E-state index contributed by atoms with van der Waals surface area (Å²) in [5.74, 6) is 0. The molecule has 0 fully saturated rings. The molecule has 2 rings (SSSR count). The van der Waals surface area contributed by atoms with Crippen LogP contribution in [0, 0.1) is 0 Å². The van der Waals surface area contributed by atoms with E-state index >= 15 is 0 Å². The van der Waals surface area contributed by atoms with Crippen molar-refractivity contribution in [2.75, 3.05) is 13.3 Å². The van der Waals surface area contributed by atoms with Crippen LogP contribution in [0.5, 0.6) is 0 Å². The van der Waals surface area contributed by atoms with Crippen molar-refractivity contribution in [2.24, 2.45) is 20.7 Å². The van der Waals surface area contributed by atoms with Gasteiger partial charge in [0.2, 0.25) is 0 Å². The van der Waals surface area contributed by atoms with Crippen LogP contribution in [0.15, 0.2) is 20.7 Å². The number of carbonyl (C=O) groups is 1. The number of amides is 2. The Hall–Kier alpha value is -1.93. The van der Waals surface area contributed by atoms with Crippen molar-refractivity contribution in [1.29, 1.82) is 0 Å². The minimum atomic E-state index is -0.315. The predicted octanol–water partition coefficient (Wildman–Crippen LogP) is -0.604. The van der Waals surface area contributed by atoms with E-state index in [1.807, 2.05) is 0 Å². The summed E-state index contributed by atoms with van der Waals surface area (Å²) in [6.07, 6.45) is 0. The van der Waals surface area contributed by atoms with Crippen LogP contribution in [-0.4, -0.2) is 29.4 Å². The lowest BCUT2D eigenvalue weighted by molar-refractivity contribution is 0.132. The van der Waals surface area contributed by atoms with E-state index in [9.17, 15) is 4.79 Å². The van der Waals surface area contributed by atoms with Gasteiger partial charge in [0.1, 0.15) is 0 Å². The van der Waals surface area contributed by atoms with Crippen molar-refractivity contribution in [2.45, 2.75) is 0 Å². The number of hydrogen-bond donors (Lipinski definition) is 2. The third-order valence-corrected chi connectivity index (χ3v) is 1.34. The Balaban J connectivity index is 1.91. The largest absolute Gasteiger partial charge is 0.363 e. The van der Waals surface area contributed by atoms with E-state index in [-0.39, 0.29) is 19.4 Å². The molecule has 0 atom stereocenters. The molecule has 64 valence electrons. The Labute approximate surface area is 67.0 Å². The van der Waals surface area contributed by atoms with Gasteiger partial charge in [-0.15, -0.1) is 10.2 Å². The molecule has 0 saturated heterocycles. The van der Waals surface area contributed by atoms with Crippen molar-refractivity contribution < 1.29 is 4.79 Å². The fourth-order valence-electron chi connectivity index (χ4n) is 0.776. The minimum Gasteiger partial charge on any atom is -0.244 e. The number of nitrogens with zero attached hydrogens (tertiary/aromatic N) is 6. The number of hydrazine groups is 2. The van der Waals surface area contributed by atoms with Gasteiger partial charge in [0.15, 0.2) is 13.3 Å². The van der Waals surface area contributed by atoms with Crippen LogP contribution in [0.4, 0.5) is 4.79 Å². The first-order chi connectivity index (χ1) is 5.88. The van der Waals surface area contributed by atoms with Crippen molar-refractivity contribution in [3.63, 3.8) is 0 Å². The highest BCUT2D eigenvalue weighted by Gasteiger charge is 2.24. The van der Waals surface area contributed by atoms with Gasteiger partial charge in [0.05, 0.1) is 0 Å². The Morgan fingerprint density at radius 2 is 1.58 bits per heavy atom. The molecule has 2 heterocycles. The maximum absolute atomic E-state index is 11.3. The topological polar surface area (TPSA) is 97.0 Å². The van der Waals surface area contributed by atoms with Crippen LogP contribution >= 0.6 is 0 Å². The highest BCUT2D eigenvalue weighted by atomic mass is 16.2. The molecule has 0 aromatic carbocycles. The van der Waals surface area contributed by atoms with Crippen LogP contribution in [0.1, 0.15) is 0 Å². The average molecular weight is 170 g/mol. The van der Waals surface area contributed by atoms with E-state index in [1.54, 1.807) is 0 Å². The number of urea groups is 1. The van der Waals surface area contributed by atoms with Crippen LogP contribution in [-0.2, 0) is 0 Å². The summed E-state index contributed by atoms with van der Waals surface area (Å²) >= 11 is 0. The molecule has 0 bridgehead atoms. The van der Waals surface area contributed by atoms with Gasteiger partial charge in [-0.25, -0.2) is 4.79 Å². The molecule has 0 saturated carbocycles. The molecule has 0 aliphatic carbocycles. The first-order valence-corrected chi connectivity index (χ1v) is 3.21. The van der Waals surface area contributed by atoms with Crippen molar-refractivity contribution in [3.8, 4) is 0 Å². The zero-order chi connectivity index (χ0) is 8.39. The molecule has 2 amide bonds. The van der Waals surface area contributed by atoms with E-state index in [4.69, 9.17) is 0 Å². The van der Waals surface area contributed by atoms with Crippen LogP contribution in [0.2, 0.25) is 0 Å². The lowest BCUT2D eigenvalue weighted by Crippen LogP contribution is -2.48. The quantitative estimate of drug-likeness (QED) is 0.507. The second kappa shape index (κ2) is 2.60. The molecule has 0 aromatic heterocycles. The van der Waals surface area contributed by atoms with Gasteiger partial charge in [0.25, 0.3) is 0 Å². The lowest BCUT2D eigenvalue weighted by Gasteiger charge is -2.18. The minimum absolute atomic E-state index is 0.205. The fraction of sp³-hybridized carbons (Fsp3) is 0.667. The normalized spacial score (nSPS) is 19.7. The highest BCUT2D eigenvalue weighted by Crippen LogP contribution is 2.01. The molecule has 9 nitrogen and oxygen atoms in total. The van der Waals surface area contributed by atoms with E-state index in [0.717, 1.165) is 0 Å². The molecule has 2 aliphatic rings. The van der Waals surface area contributed by atoms with E-state index in [1.165, 1.54) is 10.0 Å². The Bertz CT molecular complexity index is 207. The van der Waals surface area contributed by atoms with E-state index in [0.29, 0.717) is 0 Å². The predicted molar refractivity (Wildman–Crippen MR) is 34.8 cm³/mol. The van der Waals surface area contributed by atoms with Gasteiger partial charge < -0.3 is 0 Å². The summed E-state index contributed by atoms with van der Waals surface area (Å²) in [6, 6.07) is -0.315. The first-order valence-electron chi connectivity index (χ1n) is 3.21. The first kappa shape index (κ1) is 6.76. The zero-order valence-corrected chi connectivity index (χ0v) is 6.01. The summed E-state index contributed by atoms with van der Waals surface area (Å²) in [5, 5.41) is 16.4. The Morgan fingerprint density at radius 3 is 1.92 bits per heavy atom. The van der Waals surface area contributed by atoms with Crippen LogP contribution in [0.3, 0.4) is 0 Å². The van der Waals surface area contributed by atoms with Crippen molar-refractivity contribution in [3.05, 3.63) is 0 Å². The van der Waals surface area contributed by atoms with E-state index < -0.39 is 0 Å². The number of rotatable bonds is 0. The number of carbonyl (C=O) groups excluding carboxylic acids is 1. The second-order valence-corrected chi connectivity index (χ2v) is 2.10. The number of hydrogen-bond acceptors (Lipinski definition) is 7. The molecule has 0 spiro atoms. The molecule has 0 unspecified atom stereocenters. The maximum atomic E-state index is 11.3. The van der Waals surface area contributed by atoms with Gasteiger partial charge in [-0.05, 0) is 0 Å². The molecule has 2 aliphatic heterocycles. The van der Waals surface area contributed by atoms with Gasteiger partial charge in [-0.1, -0.05) is 10.4 Å². The van der Waals surface area contributed by atoms with Crippen molar-refractivity contribution in [1.82, 2.24) is 21.1 Å². The monoisotopic (exact) mass is 170 g/mol. The standard InChI is InChI=1S/C3H6N8O/c12-3(10-1-4-6-8-10)11-2-5-7-9-11/h1-2H2,(H,4,8)(H,5,9). The summed E-state index contributed by atoms with van der Waals surface area (Å²) in [7, 11) is 0. The SMILES string of the molecule is O=C(N1CN=NN1)N1CN=NN1. The van der Waals surface area contributed by atoms with Crippen LogP contribution < -0.4 is 11.1 Å². The molecule has 2 N–H and O–H groups in total. The smallest absolute Gasteiger partial charge is 0.244 e. The van der Waals surface area contributed by atoms with Crippen molar-refractivity contribution >= 4 is 6.03 Å². The third-order valence-electron chi connectivity index (χ3n) is 1.34.